The highest BCUT2D eigenvalue weighted by Crippen LogP contribution is 2.23. The molecule has 0 spiro atoms. The third-order valence-electron chi connectivity index (χ3n) is 3.10. The minimum Gasteiger partial charge on any atom is -0.457 e. The van der Waals surface area contributed by atoms with E-state index in [1.54, 1.807) is 18.2 Å². The number of esters is 1. The maximum absolute atomic E-state index is 12.0. The number of rotatable bonds is 4. The summed E-state index contributed by atoms with van der Waals surface area (Å²) in [5, 5.41) is 8.98. The predicted molar refractivity (Wildman–Crippen MR) is 78.7 cm³/mol. The van der Waals surface area contributed by atoms with Crippen LogP contribution in [0.15, 0.2) is 30.3 Å². The van der Waals surface area contributed by atoms with Gasteiger partial charge in [0, 0.05) is 10.4 Å². The fourth-order valence-electron chi connectivity index (χ4n) is 1.94. The molecule has 0 aliphatic heterocycles. The number of ether oxygens (including phenoxy) is 1. The molecule has 0 atom stereocenters. The summed E-state index contributed by atoms with van der Waals surface area (Å²) < 4.78 is 5.29. The van der Waals surface area contributed by atoms with Crippen molar-refractivity contribution in [3.8, 4) is 6.07 Å². The van der Waals surface area contributed by atoms with Crippen molar-refractivity contribution in [2.45, 2.75) is 26.9 Å². The van der Waals surface area contributed by atoms with E-state index in [-0.39, 0.29) is 12.6 Å². The Labute approximate surface area is 122 Å². The summed E-state index contributed by atoms with van der Waals surface area (Å²) >= 11 is 1.45. The first-order chi connectivity index (χ1) is 9.65. The van der Waals surface area contributed by atoms with Crippen LogP contribution in [0, 0.1) is 18.3 Å². The van der Waals surface area contributed by atoms with Crippen LogP contribution in [0.1, 0.15) is 38.2 Å². The summed E-state index contributed by atoms with van der Waals surface area (Å²) in [6, 6.07) is 11.1. The van der Waals surface area contributed by atoms with Crippen molar-refractivity contribution in [3.05, 3.63) is 56.8 Å². The maximum Gasteiger partial charge on any atom is 0.348 e. The highest BCUT2D eigenvalue weighted by molar-refractivity contribution is 7.14. The van der Waals surface area contributed by atoms with Crippen molar-refractivity contribution in [2.75, 3.05) is 0 Å². The predicted octanol–water partition coefficient (Wildman–Crippen LogP) is 3.85. The molecule has 1 aromatic carbocycles. The molecule has 0 fully saturated rings. The molecule has 0 amide bonds. The molecule has 1 heterocycles. The van der Waals surface area contributed by atoms with Gasteiger partial charge in [-0.3, -0.25) is 0 Å². The first kappa shape index (κ1) is 14.3. The average Bonchev–Trinajstić information content (AvgIpc) is 2.86. The standard InChI is InChI=1S/C16H15NO2S/c1-3-12-8-15(20-11(12)2)16(18)19-10-14-7-5-4-6-13(14)9-17/h4-8H,3,10H2,1-2H3. The van der Waals surface area contributed by atoms with Crippen LogP contribution in [0.3, 0.4) is 0 Å². The van der Waals surface area contributed by atoms with Gasteiger partial charge in [0.25, 0.3) is 0 Å². The van der Waals surface area contributed by atoms with Crippen LogP contribution in [0.5, 0.6) is 0 Å². The highest BCUT2D eigenvalue weighted by Gasteiger charge is 2.13. The van der Waals surface area contributed by atoms with Crippen LogP contribution in [0.2, 0.25) is 0 Å². The second-order valence-electron chi connectivity index (χ2n) is 4.39. The number of nitriles is 1. The van der Waals surface area contributed by atoms with Crippen molar-refractivity contribution < 1.29 is 9.53 Å². The van der Waals surface area contributed by atoms with Crippen LogP contribution >= 0.6 is 11.3 Å². The molecule has 0 radical (unpaired) electrons. The molecule has 102 valence electrons. The summed E-state index contributed by atoms with van der Waals surface area (Å²) in [5.74, 6) is -0.328. The second-order valence-corrected chi connectivity index (χ2v) is 5.65. The Kier molecular flexibility index (Phi) is 4.54. The van der Waals surface area contributed by atoms with Gasteiger partial charge < -0.3 is 4.74 Å². The quantitative estimate of drug-likeness (QED) is 0.802. The molecular formula is C16H15NO2S. The van der Waals surface area contributed by atoms with Crippen molar-refractivity contribution in [2.24, 2.45) is 0 Å². The zero-order chi connectivity index (χ0) is 14.5. The van der Waals surface area contributed by atoms with E-state index in [0.29, 0.717) is 10.4 Å². The number of hydrogen-bond acceptors (Lipinski definition) is 4. The van der Waals surface area contributed by atoms with E-state index in [9.17, 15) is 4.79 Å². The number of benzene rings is 1. The lowest BCUT2D eigenvalue weighted by atomic mass is 10.1. The smallest absolute Gasteiger partial charge is 0.348 e. The van der Waals surface area contributed by atoms with Gasteiger partial charge in [-0.25, -0.2) is 4.79 Å². The molecule has 0 aliphatic carbocycles. The number of nitrogens with zero attached hydrogens (tertiary/aromatic N) is 1. The zero-order valence-corrected chi connectivity index (χ0v) is 12.3. The monoisotopic (exact) mass is 285 g/mol. The minimum absolute atomic E-state index is 0.126. The molecule has 0 aliphatic rings. The van der Waals surface area contributed by atoms with E-state index in [2.05, 4.69) is 13.0 Å². The largest absolute Gasteiger partial charge is 0.457 e. The van der Waals surface area contributed by atoms with E-state index >= 15 is 0 Å². The SMILES string of the molecule is CCc1cc(C(=O)OCc2ccccc2C#N)sc1C. The van der Waals surface area contributed by atoms with E-state index in [1.165, 1.54) is 16.9 Å². The fourth-order valence-corrected chi connectivity index (χ4v) is 2.95. The van der Waals surface area contributed by atoms with Gasteiger partial charge in [-0.1, -0.05) is 25.1 Å². The highest BCUT2D eigenvalue weighted by atomic mass is 32.1. The molecule has 0 saturated carbocycles. The Hall–Kier alpha value is -2.12. The summed E-state index contributed by atoms with van der Waals surface area (Å²) in [5.41, 5.74) is 2.45. The lowest BCUT2D eigenvalue weighted by molar-refractivity contribution is 0.0478. The Morgan fingerprint density at radius 1 is 1.35 bits per heavy atom. The van der Waals surface area contributed by atoms with E-state index in [1.807, 2.05) is 19.1 Å². The van der Waals surface area contributed by atoms with Crippen LogP contribution < -0.4 is 0 Å². The Balaban J connectivity index is 2.07. The summed E-state index contributed by atoms with van der Waals surface area (Å²) in [6.07, 6.45) is 0.910. The van der Waals surface area contributed by atoms with Crippen molar-refractivity contribution in [1.29, 1.82) is 5.26 Å². The molecular weight excluding hydrogens is 270 g/mol. The van der Waals surface area contributed by atoms with Crippen LogP contribution in [-0.4, -0.2) is 5.97 Å². The summed E-state index contributed by atoms with van der Waals surface area (Å²) in [4.78, 5) is 13.8. The Morgan fingerprint density at radius 3 is 2.75 bits per heavy atom. The van der Waals surface area contributed by atoms with Crippen LogP contribution in [0.25, 0.3) is 0 Å². The third kappa shape index (κ3) is 3.06. The van der Waals surface area contributed by atoms with Gasteiger partial charge in [-0.2, -0.15) is 5.26 Å². The molecule has 3 nitrogen and oxygen atoms in total. The molecule has 20 heavy (non-hydrogen) atoms. The number of aryl methyl sites for hydroxylation is 2. The number of carbonyl (C=O) groups excluding carboxylic acids is 1. The molecule has 0 N–H and O–H groups in total. The van der Waals surface area contributed by atoms with Gasteiger partial charge in [0.05, 0.1) is 11.6 Å². The van der Waals surface area contributed by atoms with Gasteiger partial charge in [0.2, 0.25) is 0 Å². The summed E-state index contributed by atoms with van der Waals surface area (Å²) in [6.45, 7) is 4.19. The molecule has 0 bridgehead atoms. The maximum atomic E-state index is 12.0. The second kappa shape index (κ2) is 6.36. The van der Waals surface area contributed by atoms with Crippen molar-refractivity contribution in [1.82, 2.24) is 0 Å². The summed E-state index contributed by atoms with van der Waals surface area (Å²) in [7, 11) is 0. The number of carbonyl (C=O) groups is 1. The van der Waals surface area contributed by atoms with Gasteiger partial charge in [-0.15, -0.1) is 11.3 Å². The molecule has 1 aromatic heterocycles. The van der Waals surface area contributed by atoms with E-state index in [0.717, 1.165) is 16.9 Å². The van der Waals surface area contributed by atoms with Gasteiger partial charge in [-0.05, 0) is 31.0 Å². The zero-order valence-electron chi connectivity index (χ0n) is 11.5. The number of hydrogen-bond donors (Lipinski definition) is 0. The molecule has 0 unspecified atom stereocenters. The Morgan fingerprint density at radius 2 is 2.10 bits per heavy atom. The first-order valence-electron chi connectivity index (χ1n) is 6.40. The first-order valence-corrected chi connectivity index (χ1v) is 7.21. The lowest BCUT2D eigenvalue weighted by Crippen LogP contribution is -2.04. The van der Waals surface area contributed by atoms with Gasteiger partial charge in [0.1, 0.15) is 11.5 Å². The normalized spacial score (nSPS) is 10.1. The van der Waals surface area contributed by atoms with E-state index < -0.39 is 0 Å². The topological polar surface area (TPSA) is 50.1 Å². The van der Waals surface area contributed by atoms with Crippen molar-refractivity contribution in [3.63, 3.8) is 0 Å². The van der Waals surface area contributed by atoms with Crippen LogP contribution in [0.4, 0.5) is 0 Å². The van der Waals surface area contributed by atoms with Gasteiger partial charge in [0.15, 0.2) is 0 Å². The van der Waals surface area contributed by atoms with E-state index in [4.69, 9.17) is 10.00 Å². The van der Waals surface area contributed by atoms with Crippen LogP contribution in [-0.2, 0) is 17.8 Å². The molecule has 0 saturated heterocycles. The van der Waals surface area contributed by atoms with Gasteiger partial charge >= 0.3 is 5.97 Å². The fraction of sp³-hybridized carbons (Fsp3) is 0.250. The van der Waals surface area contributed by atoms with Crippen molar-refractivity contribution >= 4 is 17.3 Å². The lowest BCUT2D eigenvalue weighted by Gasteiger charge is -2.04. The number of thiophene rings is 1. The molecule has 2 rings (SSSR count). The molecule has 2 aromatic rings. The minimum atomic E-state index is -0.328. The average molecular weight is 285 g/mol. The Bertz CT molecular complexity index is 667. The third-order valence-corrected chi connectivity index (χ3v) is 4.17. The molecule has 4 heteroatoms.